The maximum absolute atomic E-state index is 4.31. The van der Waals surface area contributed by atoms with E-state index in [2.05, 4.69) is 39.5 Å². The first kappa shape index (κ1) is 6.60. The third kappa shape index (κ3) is 1.05. The lowest BCUT2D eigenvalue weighted by Gasteiger charge is -2.09. The second-order valence-corrected chi connectivity index (χ2v) is 3.41. The molecule has 0 spiro atoms. The molecule has 10 heavy (non-hydrogen) atoms. The summed E-state index contributed by atoms with van der Waals surface area (Å²) in [6.07, 6.45) is 3.15. The van der Waals surface area contributed by atoms with Crippen molar-refractivity contribution in [1.29, 1.82) is 0 Å². The zero-order valence-corrected chi connectivity index (χ0v) is 7.63. The molecule has 0 bridgehead atoms. The first-order valence-corrected chi connectivity index (χ1v) is 4.27. The van der Waals surface area contributed by atoms with Crippen molar-refractivity contribution in [2.75, 3.05) is 6.54 Å². The molecule has 0 fully saturated rings. The molecule has 0 aromatic carbocycles. The fourth-order valence-corrected chi connectivity index (χ4v) is 1.80. The van der Waals surface area contributed by atoms with E-state index in [1.165, 1.54) is 11.3 Å². The molecule has 1 aromatic heterocycles. The van der Waals surface area contributed by atoms with Crippen molar-refractivity contribution < 1.29 is 0 Å². The number of aromatic nitrogens is 2. The summed E-state index contributed by atoms with van der Waals surface area (Å²) in [5, 5.41) is 7.61. The summed E-state index contributed by atoms with van der Waals surface area (Å²) in [7, 11) is 0. The van der Waals surface area contributed by atoms with Gasteiger partial charge in [-0.25, -0.2) is 2.90 Å². The second kappa shape index (κ2) is 2.50. The highest BCUT2D eigenvalue weighted by Crippen LogP contribution is 2.12. The van der Waals surface area contributed by atoms with E-state index in [-0.39, 0.29) is 0 Å². The largest absolute Gasteiger partial charge is 0.312 e. The van der Waals surface area contributed by atoms with Crippen molar-refractivity contribution in [3.8, 4) is 0 Å². The van der Waals surface area contributed by atoms with Crippen LogP contribution in [0, 0.1) is 0 Å². The van der Waals surface area contributed by atoms with E-state index in [9.17, 15) is 0 Å². The van der Waals surface area contributed by atoms with Crippen LogP contribution in [-0.4, -0.2) is 14.5 Å². The first-order valence-electron chi connectivity index (χ1n) is 3.30. The fraction of sp³-hybridized carbons (Fsp3) is 0.500. The van der Waals surface area contributed by atoms with E-state index in [0.29, 0.717) is 0 Å². The Balaban J connectivity index is 2.41. The average molecular weight is 249 g/mol. The number of nitrogens with one attached hydrogen (secondary N) is 1. The molecule has 0 unspecified atom stereocenters. The fourth-order valence-electron chi connectivity index (χ4n) is 1.20. The highest BCUT2D eigenvalue weighted by atomic mass is 127. The molecular weight excluding hydrogens is 241 g/mol. The van der Waals surface area contributed by atoms with Gasteiger partial charge < -0.3 is 5.32 Å². The van der Waals surface area contributed by atoms with E-state index in [0.717, 1.165) is 19.5 Å². The van der Waals surface area contributed by atoms with Gasteiger partial charge in [0.2, 0.25) is 0 Å². The Hall–Kier alpha value is -0.100. The first-order chi connectivity index (χ1) is 4.86. The lowest BCUT2D eigenvalue weighted by atomic mass is 10.1. The molecule has 1 aliphatic heterocycles. The van der Waals surface area contributed by atoms with Crippen LogP contribution in [0.3, 0.4) is 0 Å². The van der Waals surface area contributed by atoms with Crippen molar-refractivity contribution >= 4 is 22.9 Å². The summed E-state index contributed by atoms with van der Waals surface area (Å²) in [5.41, 5.74) is 2.61. The van der Waals surface area contributed by atoms with Gasteiger partial charge in [-0.15, -0.1) is 0 Å². The molecule has 0 saturated heterocycles. The summed E-state index contributed by atoms with van der Waals surface area (Å²) >= 11 is 2.18. The number of hydrogen-bond donors (Lipinski definition) is 1. The summed E-state index contributed by atoms with van der Waals surface area (Å²) < 4.78 is 1.86. The van der Waals surface area contributed by atoms with Crippen LogP contribution >= 0.6 is 22.9 Å². The number of rotatable bonds is 0. The topological polar surface area (TPSA) is 29.9 Å². The molecule has 0 radical (unpaired) electrons. The SMILES string of the molecule is In1cc2c(n1)CCNC2. The molecule has 4 heteroatoms. The minimum absolute atomic E-state index is 0.984. The molecule has 1 N–H and O–H groups in total. The van der Waals surface area contributed by atoms with Crippen molar-refractivity contribution in [3.05, 3.63) is 17.5 Å². The maximum Gasteiger partial charge on any atom is 0.0843 e. The molecule has 0 saturated carbocycles. The molecule has 1 aromatic rings. The zero-order chi connectivity index (χ0) is 6.97. The van der Waals surface area contributed by atoms with Gasteiger partial charge >= 0.3 is 0 Å². The number of nitrogens with zero attached hydrogens (tertiary/aromatic N) is 2. The molecular formula is C6H8IN3. The molecule has 1 aliphatic rings. The number of halogens is 1. The smallest absolute Gasteiger partial charge is 0.0843 e. The number of fused-ring (bicyclic) bond motifs is 1. The normalized spacial score (nSPS) is 16.9. The molecule has 2 heterocycles. The van der Waals surface area contributed by atoms with E-state index in [1.54, 1.807) is 0 Å². The highest BCUT2D eigenvalue weighted by Gasteiger charge is 2.11. The highest BCUT2D eigenvalue weighted by molar-refractivity contribution is 14.1. The van der Waals surface area contributed by atoms with Gasteiger partial charge in [0.25, 0.3) is 0 Å². The molecule has 3 nitrogen and oxygen atoms in total. The van der Waals surface area contributed by atoms with Crippen LogP contribution in [0.4, 0.5) is 0 Å². The van der Waals surface area contributed by atoms with Gasteiger partial charge in [0, 0.05) is 31.3 Å². The Kier molecular flexibility index (Phi) is 1.65. The summed E-state index contributed by atoms with van der Waals surface area (Å²) in [6.45, 7) is 2.05. The molecule has 0 aliphatic carbocycles. The van der Waals surface area contributed by atoms with Crippen LogP contribution in [0.2, 0.25) is 0 Å². The predicted molar refractivity (Wildman–Crippen MR) is 47.1 cm³/mol. The van der Waals surface area contributed by atoms with Gasteiger partial charge in [0.05, 0.1) is 28.6 Å². The second-order valence-electron chi connectivity index (χ2n) is 2.42. The van der Waals surface area contributed by atoms with Gasteiger partial charge in [-0.05, 0) is 0 Å². The van der Waals surface area contributed by atoms with Gasteiger partial charge in [-0.3, -0.25) is 0 Å². The molecule has 54 valence electrons. The predicted octanol–water partition coefficient (Wildman–Crippen LogP) is 0.727. The maximum atomic E-state index is 4.31. The van der Waals surface area contributed by atoms with E-state index in [4.69, 9.17) is 0 Å². The van der Waals surface area contributed by atoms with E-state index >= 15 is 0 Å². The monoisotopic (exact) mass is 249 g/mol. The third-order valence-corrected chi connectivity index (χ3v) is 2.20. The lowest BCUT2D eigenvalue weighted by Crippen LogP contribution is -2.22. The van der Waals surface area contributed by atoms with Crippen LogP contribution in [0.25, 0.3) is 0 Å². The molecule has 2 rings (SSSR count). The molecule has 0 atom stereocenters. The van der Waals surface area contributed by atoms with Gasteiger partial charge in [0.1, 0.15) is 0 Å². The minimum Gasteiger partial charge on any atom is -0.312 e. The summed E-state index contributed by atoms with van der Waals surface area (Å²) in [4.78, 5) is 0. The van der Waals surface area contributed by atoms with Crippen LogP contribution in [-0.2, 0) is 13.0 Å². The lowest BCUT2D eigenvalue weighted by molar-refractivity contribution is 0.637. The van der Waals surface area contributed by atoms with E-state index < -0.39 is 0 Å². The van der Waals surface area contributed by atoms with Crippen LogP contribution in [0.1, 0.15) is 11.3 Å². The standard InChI is InChI=1S/C6H8IN3/c7-10-4-5-3-8-2-1-6(5)9-10/h4,8H,1-3H2. The van der Waals surface area contributed by atoms with Crippen LogP contribution in [0.15, 0.2) is 6.20 Å². The Morgan fingerprint density at radius 2 is 2.60 bits per heavy atom. The van der Waals surface area contributed by atoms with E-state index in [1.807, 2.05) is 2.90 Å². The third-order valence-electron chi connectivity index (χ3n) is 1.70. The van der Waals surface area contributed by atoms with Gasteiger partial charge in [-0.1, -0.05) is 0 Å². The zero-order valence-electron chi connectivity index (χ0n) is 5.47. The van der Waals surface area contributed by atoms with Gasteiger partial charge in [-0.2, -0.15) is 5.10 Å². The Bertz CT molecular complexity index is 220. The van der Waals surface area contributed by atoms with Crippen molar-refractivity contribution in [2.45, 2.75) is 13.0 Å². The summed E-state index contributed by atoms with van der Waals surface area (Å²) in [6, 6.07) is 0. The van der Waals surface area contributed by atoms with Crippen molar-refractivity contribution in [2.24, 2.45) is 0 Å². The Morgan fingerprint density at radius 1 is 1.70 bits per heavy atom. The summed E-state index contributed by atoms with van der Waals surface area (Å²) in [5.74, 6) is 0. The average Bonchev–Trinajstić information content (AvgIpc) is 2.27. The quantitative estimate of drug-likeness (QED) is 0.687. The molecule has 0 amide bonds. The van der Waals surface area contributed by atoms with Crippen LogP contribution < -0.4 is 5.32 Å². The van der Waals surface area contributed by atoms with Crippen molar-refractivity contribution in [1.82, 2.24) is 13.3 Å². The van der Waals surface area contributed by atoms with Crippen LogP contribution in [0.5, 0.6) is 0 Å². The van der Waals surface area contributed by atoms with Gasteiger partial charge in [0.15, 0.2) is 0 Å². The number of hydrogen-bond acceptors (Lipinski definition) is 2. The Morgan fingerprint density at radius 3 is 3.40 bits per heavy atom. The Labute approximate surface area is 73.3 Å². The minimum atomic E-state index is 0.984. The van der Waals surface area contributed by atoms with Crippen molar-refractivity contribution in [3.63, 3.8) is 0 Å².